The molecule has 3 N–H and O–H groups in total. The molecule has 0 radical (unpaired) electrons. The fourth-order valence-corrected chi connectivity index (χ4v) is 2.25. The Morgan fingerprint density at radius 2 is 2.00 bits per heavy atom. The number of aliphatic hydroxyl groups excluding tert-OH is 1. The number of anilines is 1. The fraction of sp³-hybridized carbons (Fsp3) is 0.700. The zero-order chi connectivity index (χ0) is 12.6. The summed E-state index contributed by atoms with van der Waals surface area (Å²) in [4.78, 5) is 0. The van der Waals surface area contributed by atoms with E-state index in [1.807, 2.05) is 0 Å². The minimum atomic E-state index is -4.50. The summed E-state index contributed by atoms with van der Waals surface area (Å²) in [6, 6.07) is 0.180. The van der Waals surface area contributed by atoms with Crippen molar-refractivity contribution < 1.29 is 18.3 Å². The molecule has 0 spiro atoms. The third-order valence-corrected chi connectivity index (χ3v) is 3.05. The standard InChI is InChI=1S/C10H14F3N3O/c11-10(12,13)8-5-9(14)15-16(8)6-3-1-2-4-7(6)17/h5-7,17H,1-4H2,(H2,14,15). The first-order chi connectivity index (χ1) is 7.89. The van der Waals surface area contributed by atoms with Gasteiger partial charge in [0, 0.05) is 6.07 Å². The molecule has 1 fully saturated rings. The summed E-state index contributed by atoms with van der Waals surface area (Å²) >= 11 is 0. The van der Waals surface area contributed by atoms with E-state index < -0.39 is 24.0 Å². The zero-order valence-electron chi connectivity index (χ0n) is 9.11. The molecule has 4 nitrogen and oxygen atoms in total. The molecule has 2 unspecified atom stereocenters. The molecule has 1 aliphatic rings. The van der Waals surface area contributed by atoms with Gasteiger partial charge in [0.25, 0.3) is 0 Å². The molecule has 0 amide bonds. The highest BCUT2D eigenvalue weighted by Crippen LogP contribution is 2.36. The van der Waals surface area contributed by atoms with Crippen LogP contribution in [0.1, 0.15) is 37.4 Å². The molecule has 7 heteroatoms. The molecule has 0 saturated heterocycles. The van der Waals surface area contributed by atoms with Gasteiger partial charge >= 0.3 is 6.18 Å². The van der Waals surface area contributed by atoms with E-state index in [0.717, 1.165) is 23.6 Å². The van der Waals surface area contributed by atoms with Gasteiger partial charge in [0.15, 0.2) is 0 Å². The van der Waals surface area contributed by atoms with E-state index in [-0.39, 0.29) is 5.82 Å². The number of alkyl halides is 3. The van der Waals surface area contributed by atoms with Gasteiger partial charge in [-0.15, -0.1) is 0 Å². The van der Waals surface area contributed by atoms with Crippen molar-refractivity contribution in [2.45, 2.75) is 44.0 Å². The third kappa shape index (κ3) is 2.38. The predicted molar refractivity (Wildman–Crippen MR) is 55.2 cm³/mol. The van der Waals surface area contributed by atoms with Gasteiger partial charge in [-0.3, -0.25) is 4.68 Å². The largest absolute Gasteiger partial charge is 0.433 e. The average Bonchev–Trinajstić information content (AvgIpc) is 2.60. The van der Waals surface area contributed by atoms with E-state index in [1.165, 1.54) is 0 Å². The first-order valence-corrected chi connectivity index (χ1v) is 5.50. The van der Waals surface area contributed by atoms with Crippen LogP contribution in [0.25, 0.3) is 0 Å². The van der Waals surface area contributed by atoms with Crippen molar-refractivity contribution in [3.63, 3.8) is 0 Å². The molecule has 1 heterocycles. The second-order valence-electron chi connectivity index (χ2n) is 4.32. The molecule has 1 aromatic heterocycles. The topological polar surface area (TPSA) is 64.1 Å². The van der Waals surface area contributed by atoms with Gasteiger partial charge in [-0.1, -0.05) is 12.8 Å². The minimum absolute atomic E-state index is 0.171. The molecular weight excluding hydrogens is 235 g/mol. The lowest BCUT2D eigenvalue weighted by atomic mass is 9.92. The van der Waals surface area contributed by atoms with Crippen LogP contribution in [-0.2, 0) is 6.18 Å². The Balaban J connectivity index is 2.37. The molecule has 17 heavy (non-hydrogen) atoms. The second-order valence-corrected chi connectivity index (χ2v) is 4.32. The molecular formula is C10H14F3N3O. The van der Waals surface area contributed by atoms with Crippen molar-refractivity contribution in [1.82, 2.24) is 9.78 Å². The highest BCUT2D eigenvalue weighted by Gasteiger charge is 2.39. The summed E-state index contributed by atoms with van der Waals surface area (Å²) in [5.74, 6) is -0.171. The third-order valence-electron chi connectivity index (χ3n) is 3.05. The lowest BCUT2D eigenvalue weighted by Crippen LogP contribution is -2.31. The van der Waals surface area contributed by atoms with E-state index in [0.29, 0.717) is 12.8 Å². The highest BCUT2D eigenvalue weighted by atomic mass is 19.4. The number of hydrogen-bond donors (Lipinski definition) is 2. The summed E-state index contributed by atoms with van der Waals surface area (Å²) < 4.78 is 39.1. The number of nitrogens with zero attached hydrogens (tertiary/aromatic N) is 2. The van der Waals surface area contributed by atoms with Gasteiger partial charge in [0.05, 0.1) is 12.1 Å². The van der Waals surface area contributed by atoms with E-state index in [2.05, 4.69) is 5.10 Å². The molecule has 0 aliphatic heterocycles. The Morgan fingerprint density at radius 1 is 1.35 bits per heavy atom. The Morgan fingerprint density at radius 3 is 2.59 bits per heavy atom. The van der Waals surface area contributed by atoms with Crippen molar-refractivity contribution in [2.75, 3.05) is 5.73 Å². The van der Waals surface area contributed by atoms with Crippen LogP contribution in [0.3, 0.4) is 0 Å². The summed E-state index contributed by atoms with van der Waals surface area (Å²) in [6.07, 6.45) is -2.67. The number of aromatic nitrogens is 2. The molecule has 0 aromatic carbocycles. The Kier molecular flexibility index (Phi) is 3.03. The molecule has 1 aromatic rings. The van der Waals surface area contributed by atoms with Gasteiger partial charge in [-0.2, -0.15) is 18.3 Å². The second kappa shape index (κ2) is 4.21. The zero-order valence-corrected chi connectivity index (χ0v) is 9.11. The number of hydrogen-bond acceptors (Lipinski definition) is 3. The highest BCUT2D eigenvalue weighted by molar-refractivity contribution is 5.31. The molecule has 2 rings (SSSR count). The van der Waals surface area contributed by atoms with Gasteiger partial charge < -0.3 is 10.8 Å². The number of aliphatic hydroxyl groups is 1. The molecule has 0 bridgehead atoms. The number of rotatable bonds is 1. The number of nitrogen functional groups attached to an aromatic ring is 1. The minimum Gasteiger partial charge on any atom is -0.391 e. The fourth-order valence-electron chi connectivity index (χ4n) is 2.25. The predicted octanol–water partition coefficient (Wildman–Crippen LogP) is 1.96. The van der Waals surface area contributed by atoms with E-state index in [4.69, 9.17) is 5.73 Å². The van der Waals surface area contributed by atoms with Crippen LogP contribution in [0.15, 0.2) is 6.07 Å². The molecule has 1 saturated carbocycles. The average molecular weight is 249 g/mol. The van der Waals surface area contributed by atoms with Crippen LogP contribution >= 0.6 is 0 Å². The Labute approximate surface area is 96.2 Å². The van der Waals surface area contributed by atoms with Crippen molar-refractivity contribution in [2.24, 2.45) is 0 Å². The SMILES string of the molecule is Nc1cc(C(F)(F)F)n(C2CCCCC2O)n1. The maximum absolute atomic E-state index is 12.7. The van der Waals surface area contributed by atoms with E-state index in [9.17, 15) is 18.3 Å². The summed E-state index contributed by atoms with van der Waals surface area (Å²) in [7, 11) is 0. The first-order valence-electron chi connectivity index (χ1n) is 5.50. The van der Waals surface area contributed by atoms with Crippen LogP contribution in [0.4, 0.5) is 19.0 Å². The normalized spacial score (nSPS) is 26.1. The van der Waals surface area contributed by atoms with Gasteiger partial charge in [-0.25, -0.2) is 0 Å². The van der Waals surface area contributed by atoms with Crippen molar-refractivity contribution in [3.8, 4) is 0 Å². The first kappa shape index (κ1) is 12.2. The number of nitrogens with two attached hydrogens (primary N) is 1. The monoisotopic (exact) mass is 249 g/mol. The molecule has 1 aliphatic carbocycles. The Bertz CT molecular complexity index is 402. The smallest absolute Gasteiger partial charge is 0.391 e. The van der Waals surface area contributed by atoms with Gasteiger partial charge in [-0.05, 0) is 12.8 Å². The van der Waals surface area contributed by atoms with Crippen LogP contribution < -0.4 is 5.73 Å². The molecule has 96 valence electrons. The van der Waals surface area contributed by atoms with E-state index >= 15 is 0 Å². The summed E-state index contributed by atoms with van der Waals surface area (Å²) in [5.41, 5.74) is 4.43. The lowest BCUT2D eigenvalue weighted by molar-refractivity contribution is -0.146. The Hall–Kier alpha value is -1.24. The maximum Gasteiger partial charge on any atom is 0.433 e. The van der Waals surface area contributed by atoms with Crippen LogP contribution in [-0.4, -0.2) is 21.0 Å². The van der Waals surface area contributed by atoms with Gasteiger partial charge in [0.1, 0.15) is 11.5 Å². The van der Waals surface area contributed by atoms with Crippen molar-refractivity contribution >= 4 is 5.82 Å². The van der Waals surface area contributed by atoms with E-state index in [1.54, 1.807) is 0 Å². The van der Waals surface area contributed by atoms with Crippen LogP contribution in [0.5, 0.6) is 0 Å². The summed E-state index contributed by atoms with van der Waals surface area (Å²) in [5, 5.41) is 13.4. The number of halogens is 3. The van der Waals surface area contributed by atoms with Crippen molar-refractivity contribution in [1.29, 1.82) is 0 Å². The van der Waals surface area contributed by atoms with Crippen molar-refractivity contribution in [3.05, 3.63) is 11.8 Å². The maximum atomic E-state index is 12.7. The lowest BCUT2D eigenvalue weighted by Gasteiger charge is -2.29. The van der Waals surface area contributed by atoms with Crippen LogP contribution in [0, 0.1) is 0 Å². The van der Waals surface area contributed by atoms with Gasteiger partial charge in [0.2, 0.25) is 0 Å². The van der Waals surface area contributed by atoms with Crippen LogP contribution in [0.2, 0.25) is 0 Å². The summed E-state index contributed by atoms with van der Waals surface area (Å²) in [6.45, 7) is 0. The quantitative estimate of drug-likeness (QED) is 0.799. The molecule has 2 atom stereocenters.